The predicted molar refractivity (Wildman–Crippen MR) is 87.5 cm³/mol. The van der Waals surface area contributed by atoms with Gasteiger partial charge >= 0.3 is 0 Å². The van der Waals surface area contributed by atoms with Crippen LogP contribution in [0.15, 0.2) is 29.2 Å². The Morgan fingerprint density at radius 2 is 1.85 bits per heavy atom. The molecular formula is C14H24N2O2S2. The summed E-state index contributed by atoms with van der Waals surface area (Å²) in [5, 5.41) is 0. The number of nitrogens with two attached hydrogens (primary N) is 1. The van der Waals surface area contributed by atoms with Gasteiger partial charge in [0, 0.05) is 22.9 Å². The number of nitrogen functional groups attached to an aromatic ring is 1. The van der Waals surface area contributed by atoms with E-state index in [-0.39, 0.29) is 5.75 Å². The second-order valence-corrected chi connectivity index (χ2v) is 7.79. The zero-order valence-corrected chi connectivity index (χ0v) is 13.6. The lowest BCUT2D eigenvalue weighted by Gasteiger charge is -2.06. The number of benzene rings is 1. The van der Waals surface area contributed by atoms with Crippen LogP contribution in [0, 0.1) is 0 Å². The van der Waals surface area contributed by atoms with Crippen LogP contribution in [0.4, 0.5) is 5.69 Å². The maximum atomic E-state index is 11.8. The molecule has 0 radical (unpaired) electrons. The van der Waals surface area contributed by atoms with Crippen LogP contribution in [-0.2, 0) is 10.0 Å². The van der Waals surface area contributed by atoms with E-state index in [9.17, 15) is 8.42 Å². The number of hydrogen-bond acceptors (Lipinski definition) is 4. The van der Waals surface area contributed by atoms with Gasteiger partial charge in [-0.25, -0.2) is 13.1 Å². The molecule has 1 aromatic rings. The zero-order chi connectivity index (χ0) is 14.8. The highest BCUT2D eigenvalue weighted by Crippen LogP contribution is 2.19. The van der Waals surface area contributed by atoms with Crippen LogP contribution in [0.3, 0.4) is 0 Å². The number of unbranched alkanes of at least 4 members (excludes halogenated alkanes) is 3. The van der Waals surface area contributed by atoms with E-state index in [1.54, 1.807) is 0 Å². The fraction of sp³-hybridized carbons (Fsp3) is 0.571. The summed E-state index contributed by atoms with van der Waals surface area (Å²) in [4.78, 5) is 1.04. The van der Waals surface area contributed by atoms with Gasteiger partial charge < -0.3 is 5.73 Å². The third-order valence-electron chi connectivity index (χ3n) is 2.85. The summed E-state index contributed by atoms with van der Waals surface area (Å²) < 4.78 is 26.2. The van der Waals surface area contributed by atoms with E-state index in [0.29, 0.717) is 12.3 Å². The fourth-order valence-electron chi connectivity index (χ4n) is 1.68. The van der Waals surface area contributed by atoms with Crippen molar-refractivity contribution in [3.63, 3.8) is 0 Å². The molecule has 0 heterocycles. The van der Waals surface area contributed by atoms with Gasteiger partial charge in [-0.3, -0.25) is 0 Å². The largest absolute Gasteiger partial charge is 0.399 e. The first-order chi connectivity index (χ1) is 9.53. The lowest BCUT2D eigenvalue weighted by atomic mass is 10.2. The highest BCUT2D eigenvalue weighted by Gasteiger charge is 2.09. The lowest BCUT2D eigenvalue weighted by molar-refractivity contribution is 0.575. The van der Waals surface area contributed by atoms with Crippen LogP contribution in [0.1, 0.15) is 32.6 Å². The molecule has 0 saturated carbocycles. The molecule has 0 spiro atoms. The molecule has 0 fully saturated rings. The molecule has 0 unspecified atom stereocenters. The highest BCUT2D eigenvalue weighted by atomic mass is 32.2. The van der Waals surface area contributed by atoms with Crippen LogP contribution >= 0.6 is 11.8 Å². The molecule has 0 aromatic heterocycles. The van der Waals surface area contributed by atoms with Crippen molar-refractivity contribution >= 4 is 27.5 Å². The smallest absolute Gasteiger partial charge is 0.212 e. The first-order valence-electron chi connectivity index (χ1n) is 6.99. The minimum Gasteiger partial charge on any atom is -0.399 e. The van der Waals surface area contributed by atoms with Gasteiger partial charge in [-0.05, 0) is 30.7 Å². The number of anilines is 1. The maximum Gasteiger partial charge on any atom is 0.212 e. The van der Waals surface area contributed by atoms with Gasteiger partial charge in [0.2, 0.25) is 10.0 Å². The average Bonchev–Trinajstić information content (AvgIpc) is 2.40. The van der Waals surface area contributed by atoms with Gasteiger partial charge in [0.25, 0.3) is 0 Å². The van der Waals surface area contributed by atoms with Crippen molar-refractivity contribution in [2.75, 3.05) is 23.8 Å². The molecule has 20 heavy (non-hydrogen) atoms. The molecule has 0 amide bonds. The van der Waals surface area contributed by atoms with E-state index in [4.69, 9.17) is 5.73 Å². The number of nitrogens with one attached hydrogen (secondary N) is 1. The Balaban J connectivity index is 2.20. The van der Waals surface area contributed by atoms with Gasteiger partial charge in [-0.15, -0.1) is 11.8 Å². The van der Waals surface area contributed by atoms with Crippen LogP contribution in [0.2, 0.25) is 0 Å². The molecule has 0 saturated heterocycles. The minimum atomic E-state index is -3.14. The van der Waals surface area contributed by atoms with Crippen molar-refractivity contribution in [1.82, 2.24) is 4.72 Å². The summed E-state index contributed by atoms with van der Waals surface area (Å²) in [5.41, 5.74) is 6.32. The average molecular weight is 316 g/mol. The highest BCUT2D eigenvalue weighted by molar-refractivity contribution is 8.00. The van der Waals surface area contributed by atoms with Crippen molar-refractivity contribution in [2.45, 2.75) is 37.5 Å². The molecule has 6 heteroatoms. The maximum absolute atomic E-state index is 11.8. The molecule has 1 aromatic carbocycles. The van der Waals surface area contributed by atoms with Crippen molar-refractivity contribution in [3.05, 3.63) is 24.3 Å². The fourth-order valence-corrected chi connectivity index (χ4v) is 4.06. The van der Waals surface area contributed by atoms with Crippen molar-refractivity contribution in [2.24, 2.45) is 0 Å². The topological polar surface area (TPSA) is 72.2 Å². The monoisotopic (exact) mass is 316 g/mol. The van der Waals surface area contributed by atoms with Crippen LogP contribution in [0.5, 0.6) is 0 Å². The molecule has 0 aliphatic carbocycles. The standard InChI is InChI=1S/C14H24N2O2S2/c1-2-3-4-5-10-16-20(17,18)12-11-19-14-8-6-13(15)7-9-14/h6-9,16H,2-5,10-12,15H2,1H3. The van der Waals surface area contributed by atoms with Gasteiger partial charge in [0.1, 0.15) is 0 Å². The van der Waals surface area contributed by atoms with E-state index in [1.807, 2.05) is 24.3 Å². The number of sulfonamides is 1. The molecular weight excluding hydrogens is 292 g/mol. The Hall–Kier alpha value is -0.720. The van der Waals surface area contributed by atoms with E-state index < -0.39 is 10.0 Å². The summed E-state index contributed by atoms with van der Waals surface area (Å²) in [6.07, 6.45) is 4.32. The molecule has 4 nitrogen and oxygen atoms in total. The first-order valence-corrected chi connectivity index (χ1v) is 9.63. The van der Waals surface area contributed by atoms with Gasteiger partial charge in [-0.1, -0.05) is 26.2 Å². The molecule has 1 rings (SSSR count). The lowest BCUT2D eigenvalue weighted by Crippen LogP contribution is -2.28. The van der Waals surface area contributed by atoms with Crippen molar-refractivity contribution in [1.29, 1.82) is 0 Å². The Labute approximate surface area is 126 Å². The number of rotatable bonds is 10. The number of hydrogen-bond donors (Lipinski definition) is 2. The van der Waals surface area contributed by atoms with Gasteiger partial charge in [-0.2, -0.15) is 0 Å². The van der Waals surface area contributed by atoms with Crippen LogP contribution < -0.4 is 10.5 Å². The molecule has 0 bridgehead atoms. The summed E-state index contributed by atoms with van der Waals surface area (Å²) in [6, 6.07) is 7.46. The second kappa shape index (κ2) is 9.26. The molecule has 0 aliphatic heterocycles. The van der Waals surface area contributed by atoms with Gasteiger partial charge in [0.05, 0.1) is 5.75 Å². The van der Waals surface area contributed by atoms with E-state index >= 15 is 0 Å². The zero-order valence-electron chi connectivity index (χ0n) is 12.0. The van der Waals surface area contributed by atoms with Crippen LogP contribution in [0.25, 0.3) is 0 Å². The minimum absolute atomic E-state index is 0.149. The molecule has 114 valence electrons. The quantitative estimate of drug-likeness (QED) is 0.395. The molecule has 0 atom stereocenters. The first kappa shape index (κ1) is 17.3. The molecule has 0 aliphatic rings. The van der Waals surface area contributed by atoms with Crippen molar-refractivity contribution < 1.29 is 8.42 Å². The number of thioether (sulfide) groups is 1. The predicted octanol–water partition coefficient (Wildman–Crippen LogP) is 2.86. The van der Waals surface area contributed by atoms with Gasteiger partial charge in [0.15, 0.2) is 0 Å². The molecule has 3 N–H and O–H groups in total. The third-order valence-corrected chi connectivity index (χ3v) is 5.51. The van der Waals surface area contributed by atoms with Crippen molar-refractivity contribution in [3.8, 4) is 0 Å². The Morgan fingerprint density at radius 1 is 1.15 bits per heavy atom. The Kier molecular flexibility index (Phi) is 8.02. The van der Waals surface area contributed by atoms with E-state index in [1.165, 1.54) is 11.8 Å². The SMILES string of the molecule is CCCCCCNS(=O)(=O)CCSc1ccc(N)cc1. The third kappa shape index (κ3) is 7.77. The summed E-state index contributed by atoms with van der Waals surface area (Å²) in [5.74, 6) is 0.698. The Morgan fingerprint density at radius 3 is 2.50 bits per heavy atom. The Bertz CT molecular complexity index is 472. The summed E-state index contributed by atoms with van der Waals surface area (Å²) >= 11 is 1.53. The second-order valence-electron chi connectivity index (χ2n) is 4.69. The van der Waals surface area contributed by atoms with E-state index in [0.717, 1.165) is 36.3 Å². The van der Waals surface area contributed by atoms with Crippen LogP contribution in [-0.4, -0.2) is 26.5 Å². The summed E-state index contributed by atoms with van der Waals surface area (Å²) in [6.45, 7) is 2.69. The van der Waals surface area contributed by atoms with E-state index in [2.05, 4.69) is 11.6 Å². The summed E-state index contributed by atoms with van der Waals surface area (Å²) in [7, 11) is -3.14. The normalized spacial score (nSPS) is 11.7.